The number of pyridine rings is 1. The molecule has 3 rings (SSSR count). The fourth-order valence-electron chi connectivity index (χ4n) is 1.97. The van der Waals surface area contributed by atoms with Gasteiger partial charge in [-0.1, -0.05) is 0 Å². The third-order valence-electron chi connectivity index (χ3n) is 3.05. The lowest BCUT2D eigenvalue weighted by Gasteiger charge is -2.40. The minimum atomic E-state index is 0.717. The van der Waals surface area contributed by atoms with Gasteiger partial charge in [-0.15, -0.1) is 0 Å². The van der Waals surface area contributed by atoms with E-state index in [9.17, 15) is 0 Å². The summed E-state index contributed by atoms with van der Waals surface area (Å²) in [6.07, 6.45) is 4.73. The predicted molar refractivity (Wildman–Crippen MR) is 55.8 cm³/mol. The zero-order chi connectivity index (χ0) is 8.89. The number of hydrogen-bond acceptors (Lipinski definition) is 2. The topological polar surface area (TPSA) is 16.1 Å². The van der Waals surface area contributed by atoms with Gasteiger partial charge in [0.1, 0.15) is 5.82 Å². The van der Waals surface area contributed by atoms with Crippen molar-refractivity contribution >= 4 is 21.7 Å². The fraction of sp³-hybridized carbons (Fsp3) is 0.500. The van der Waals surface area contributed by atoms with E-state index in [1.54, 1.807) is 0 Å². The van der Waals surface area contributed by atoms with Crippen LogP contribution in [0.5, 0.6) is 0 Å². The number of halogens is 1. The van der Waals surface area contributed by atoms with E-state index in [4.69, 9.17) is 0 Å². The molecule has 0 atom stereocenters. The molecular formula is C10H11BrN2. The van der Waals surface area contributed by atoms with E-state index >= 15 is 0 Å². The molecule has 1 aromatic rings. The van der Waals surface area contributed by atoms with Gasteiger partial charge < -0.3 is 4.90 Å². The van der Waals surface area contributed by atoms with Gasteiger partial charge in [-0.3, -0.25) is 0 Å². The molecule has 0 radical (unpaired) electrons. The van der Waals surface area contributed by atoms with Crippen LogP contribution in [0, 0.1) is 5.41 Å². The molecule has 13 heavy (non-hydrogen) atoms. The zero-order valence-corrected chi connectivity index (χ0v) is 8.92. The molecule has 2 aliphatic rings. The van der Waals surface area contributed by atoms with E-state index in [0.29, 0.717) is 0 Å². The first-order valence-corrected chi connectivity index (χ1v) is 5.43. The normalized spacial score (nSPS) is 23.0. The summed E-state index contributed by atoms with van der Waals surface area (Å²) >= 11 is 3.39. The maximum absolute atomic E-state index is 4.37. The summed E-state index contributed by atoms with van der Waals surface area (Å²) in [5.74, 6) is 1.13. The van der Waals surface area contributed by atoms with Crippen LogP contribution in [0.2, 0.25) is 0 Å². The van der Waals surface area contributed by atoms with Crippen molar-refractivity contribution in [2.75, 3.05) is 18.0 Å². The Labute approximate surface area is 86.1 Å². The molecule has 1 aliphatic carbocycles. The molecule has 1 aliphatic heterocycles. The van der Waals surface area contributed by atoms with Crippen molar-refractivity contribution in [1.82, 2.24) is 4.98 Å². The zero-order valence-electron chi connectivity index (χ0n) is 7.33. The largest absolute Gasteiger partial charge is 0.355 e. The highest BCUT2D eigenvalue weighted by atomic mass is 79.9. The number of hydrogen-bond donors (Lipinski definition) is 0. The van der Waals surface area contributed by atoms with Gasteiger partial charge in [-0.25, -0.2) is 4.98 Å². The Morgan fingerprint density at radius 2 is 2.08 bits per heavy atom. The number of nitrogens with zero attached hydrogens (tertiary/aromatic N) is 2. The Balaban J connectivity index is 1.75. The van der Waals surface area contributed by atoms with Crippen molar-refractivity contribution in [3.05, 3.63) is 22.8 Å². The van der Waals surface area contributed by atoms with Crippen molar-refractivity contribution in [3.63, 3.8) is 0 Å². The SMILES string of the molecule is Brc1ccc(N2CC3(CC3)C2)nc1. The van der Waals surface area contributed by atoms with E-state index in [0.717, 1.165) is 15.7 Å². The van der Waals surface area contributed by atoms with E-state index < -0.39 is 0 Å². The lowest BCUT2D eigenvalue weighted by molar-refractivity contribution is 0.384. The van der Waals surface area contributed by atoms with Crippen LogP contribution >= 0.6 is 15.9 Å². The van der Waals surface area contributed by atoms with E-state index in [-0.39, 0.29) is 0 Å². The second-order valence-corrected chi connectivity index (χ2v) is 5.11. The average Bonchev–Trinajstić information content (AvgIpc) is 2.83. The van der Waals surface area contributed by atoms with Crippen molar-refractivity contribution in [2.24, 2.45) is 5.41 Å². The summed E-state index contributed by atoms with van der Waals surface area (Å²) in [6.45, 7) is 2.45. The maximum Gasteiger partial charge on any atom is 0.128 e. The Bertz CT molecular complexity index is 321. The average molecular weight is 239 g/mol. The molecule has 0 N–H and O–H groups in total. The molecule has 2 heterocycles. The molecule has 2 nitrogen and oxygen atoms in total. The Kier molecular flexibility index (Phi) is 1.48. The fourth-order valence-corrected chi connectivity index (χ4v) is 2.21. The molecule has 1 saturated heterocycles. The molecule has 0 unspecified atom stereocenters. The molecule has 68 valence electrons. The van der Waals surface area contributed by atoms with Gasteiger partial charge in [-0.2, -0.15) is 0 Å². The van der Waals surface area contributed by atoms with E-state index in [2.05, 4.69) is 37.9 Å². The highest BCUT2D eigenvalue weighted by Crippen LogP contribution is 2.53. The van der Waals surface area contributed by atoms with Crippen LogP contribution in [0.4, 0.5) is 5.82 Å². The molecule has 1 aromatic heterocycles. The summed E-state index contributed by atoms with van der Waals surface area (Å²) in [6, 6.07) is 4.14. The molecule has 0 aromatic carbocycles. The van der Waals surface area contributed by atoms with Crippen LogP contribution < -0.4 is 4.90 Å². The van der Waals surface area contributed by atoms with Crippen molar-refractivity contribution in [1.29, 1.82) is 0 Å². The van der Waals surface area contributed by atoms with Gasteiger partial charge in [-0.05, 0) is 40.9 Å². The van der Waals surface area contributed by atoms with Crippen LogP contribution in [0.25, 0.3) is 0 Å². The van der Waals surface area contributed by atoms with Gasteiger partial charge in [0, 0.05) is 29.2 Å². The molecule has 3 heteroatoms. The third kappa shape index (κ3) is 1.26. The summed E-state index contributed by atoms with van der Waals surface area (Å²) in [5.41, 5.74) is 0.717. The second kappa shape index (κ2) is 2.47. The van der Waals surface area contributed by atoms with E-state index in [1.807, 2.05) is 6.20 Å². The van der Waals surface area contributed by atoms with Gasteiger partial charge in [0.2, 0.25) is 0 Å². The first kappa shape index (κ1) is 7.80. The third-order valence-corrected chi connectivity index (χ3v) is 3.51. The van der Waals surface area contributed by atoms with Gasteiger partial charge in [0.25, 0.3) is 0 Å². The summed E-state index contributed by atoms with van der Waals surface area (Å²) in [7, 11) is 0. The van der Waals surface area contributed by atoms with Crippen LogP contribution in [-0.4, -0.2) is 18.1 Å². The first-order chi connectivity index (χ1) is 6.27. The Morgan fingerprint density at radius 1 is 1.31 bits per heavy atom. The quantitative estimate of drug-likeness (QED) is 0.748. The number of aromatic nitrogens is 1. The summed E-state index contributed by atoms with van der Waals surface area (Å²) < 4.78 is 1.05. The van der Waals surface area contributed by atoms with Crippen LogP contribution in [-0.2, 0) is 0 Å². The van der Waals surface area contributed by atoms with Crippen molar-refractivity contribution in [2.45, 2.75) is 12.8 Å². The highest BCUT2D eigenvalue weighted by molar-refractivity contribution is 9.10. The monoisotopic (exact) mass is 238 g/mol. The van der Waals surface area contributed by atoms with Crippen molar-refractivity contribution < 1.29 is 0 Å². The molecule has 0 bridgehead atoms. The number of rotatable bonds is 1. The predicted octanol–water partition coefficient (Wildman–Crippen LogP) is 2.44. The lowest BCUT2D eigenvalue weighted by Crippen LogP contribution is -2.48. The Morgan fingerprint density at radius 3 is 2.62 bits per heavy atom. The number of anilines is 1. The van der Waals surface area contributed by atoms with Crippen molar-refractivity contribution in [3.8, 4) is 0 Å². The van der Waals surface area contributed by atoms with Crippen LogP contribution in [0.3, 0.4) is 0 Å². The van der Waals surface area contributed by atoms with E-state index in [1.165, 1.54) is 25.9 Å². The lowest BCUT2D eigenvalue weighted by atomic mass is 9.97. The maximum atomic E-state index is 4.37. The van der Waals surface area contributed by atoms with Crippen LogP contribution in [0.15, 0.2) is 22.8 Å². The standard InChI is InChI=1S/C10H11BrN2/c11-8-1-2-9(12-5-8)13-6-10(7-13)3-4-10/h1-2,5H,3-4,6-7H2. The van der Waals surface area contributed by atoms with Gasteiger partial charge in [0.05, 0.1) is 0 Å². The summed E-state index contributed by atoms with van der Waals surface area (Å²) in [5, 5.41) is 0. The molecular weight excluding hydrogens is 228 g/mol. The smallest absolute Gasteiger partial charge is 0.128 e. The van der Waals surface area contributed by atoms with Gasteiger partial charge >= 0.3 is 0 Å². The summed E-state index contributed by atoms with van der Waals surface area (Å²) in [4.78, 5) is 6.73. The molecule has 2 fully saturated rings. The highest BCUT2D eigenvalue weighted by Gasteiger charge is 2.52. The minimum Gasteiger partial charge on any atom is -0.355 e. The first-order valence-electron chi connectivity index (χ1n) is 4.64. The van der Waals surface area contributed by atoms with Gasteiger partial charge in [0.15, 0.2) is 0 Å². The Hall–Kier alpha value is -0.570. The minimum absolute atomic E-state index is 0.717. The molecule has 0 amide bonds. The second-order valence-electron chi connectivity index (χ2n) is 4.19. The van der Waals surface area contributed by atoms with Crippen LogP contribution in [0.1, 0.15) is 12.8 Å². The molecule has 1 saturated carbocycles. The molecule has 1 spiro atoms.